The molecule has 1 fully saturated rings. The van der Waals surface area contributed by atoms with Crippen LogP contribution in [0.3, 0.4) is 0 Å². The molecule has 0 unspecified atom stereocenters. The second kappa shape index (κ2) is 6.85. The van der Waals surface area contributed by atoms with Gasteiger partial charge in [-0.2, -0.15) is 5.26 Å². The van der Waals surface area contributed by atoms with Crippen LogP contribution in [0.5, 0.6) is 0 Å². The summed E-state index contributed by atoms with van der Waals surface area (Å²) in [6, 6.07) is 15.7. The van der Waals surface area contributed by atoms with Crippen LogP contribution in [-0.4, -0.2) is 30.6 Å². The number of likely N-dealkylation sites (tertiary alicyclic amines) is 1. The van der Waals surface area contributed by atoms with Crippen molar-refractivity contribution in [3.8, 4) is 6.07 Å². The third-order valence-electron chi connectivity index (χ3n) is 5.46. The van der Waals surface area contributed by atoms with Crippen LogP contribution in [0.25, 0.3) is 0 Å². The van der Waals surface area contributed by atoms with E-state index in [0.29, 0.717) is 6.04 Å². The highest BCUT2D eigenvalue weighted by Gasteiger charge is 2.29. The van der Waals surface area contributed by atoms with E-state index in [0.717, 1.165) is 51.0 Å². The standard InChI is InChI=1S/C21H22FN3/c22-19-5-2-16(3-6-19)15-24-10-8-20(9-11-24)25-12-7-18-4-1-17(14-23)13-21(18)25/h1-6,13,20H,7-12,15H2. The van der Waals surface area contributed by atoms with Crippen LogP contribution in [0.1, 0.15) is 29.5 Å². The topological polar surface area (TPSA) is 30.3 Å². The van der Waals surface area contributed by atoms with Gasteiger partial charge in [0.05, 0.1) is 11.6 Å². The highest BCUT2D eigenvalue weighted by Crippen LogP contribution is 2.33. The first kappa shape index (κ1) is 16.1. The van der Waals surface area contributed by atoms with Gasteiger partial charge >= 0.3 is 0 Å². The van der Waals surface area contributed by atoms with Crippen LogP contribution in [0, 0.1) is 17.1 Å². The number of rotatable bonds is 3. The second-order valence-electron chi connectivity index (χ2n) is 7.03. The van der Waals surface area contributed by atoms with Crippen molar-refractivity contribution < 1.29 is 4.39 Å². The highest BCUT2D eigenvalue weighted by atomic mass is 19.1. The number of nitriles is 1. The van der Waals surface area contributed by atoms with Gasteiger partial charge in [-0.1, -0.05) is 18.2 Å². The molecule has 4 rings (SSSR count). The molecule has 0 saturated carbocycles. The smallest absolute Gasteiger partial charge is 0.123 e. The summed E-state index contributed by atoms with van der Waals surface area (Å²) in [4.78, 5) is 4.96. The molecule has 2 heterocycles. The van der Waals surface area contributed by atoms with Crippen LogP contribution in [0.4, 0.5) is 10.1 Å². The average molecular weight is 335 g/mol. The zero-order valence-corrected chi connectivity index (χ0v) is 14.3. The van der Waals surface area contributed by atoms with E-state index >= 15 is 0 Å². The summed E-state index contributed by atoms with van der Waals surface area (Å²) in [5.41, 5.74) is 4.55. The van der Waals surface area contributed by atoms with Gasteiger partial charge in [0.1, 0.15) is 5.82 Å². The van der Waals surface area contributed by atoms with E-state index in [1.165, 1.54) is 28.9 Å². The number of piperidine rings is 1. The lowest BCUT2D eigenvalue weighted by Gasteiger charge is -2.38. The van der Waals surface area contributed by atoms with E-state index in [1.54, 1.807) is 0 Å². The number of fused-ring (bicyclic) bond motifs is 1. The van der Waals surface area contributed by atoms with Crippen LogP contribution in [0.2, 0.25) is 0 Å². The van der Waals surface area contributed by atoms with Crippen LogP contribution >= 0.6 is 0 Å². The summed E-state index contributed by atoms with van der Waals surface area (Å²) in [5, 5.41) is 9.16. The molecule has 0 atom stereocenters. The second-order valence-corrected chi connectivity index (χ2v) is 7.03. The predicted octanol–water partition coefficient (Wildman–Crippen LogP) is 3.72. The van der Waals surface area contributed by atoms with Gasteiger partial charge in [-0.05, 0) is 54.7 Å². The van der Waals surface area contributed by atoms with Gasteiger partial charge in [-0.15, -0.1) is 0 Å². The van der Waals surface area contributed by atoms with E-state index < -0.39 is 0 Å². The SMILES string of the molecule is N#Cc1ccc2c(c1)N(C1CCN(Cc3ccc(F)cc3)CC1)CC2. The molecule has 0 radical (unpaired) electrons. The Morgan fingerprint density at radius 1 is 1.04 bits per heavy atom. The molecule has 0 aromatic heterocycles. The van der Waals surface area contributed by atoms with Gasteiger partial charge in [0.2, 0.25) is 0 Å². The van der Waals surface area contributed by atoms with Gasteiger partial charge in [0.15, 0.2) is 0 Å². The first-order chi connectivity index (χ1) is 12.2. The fourth-order valence-electron chi connectivity index (χ4n) is 4.09. The first-order valence-electron chi connectivity index (χ1n) is 8.99. The molecular weight excluding hydrogens is 313 g/mol. The van der Waals surface area contributed by atoms with E-state index in [4.69, 9.17) is 5.26 Å². The lowest BCUT2D eigenvalue weighted by Crippen LogP contribution is -2.44. The number of anilines is 1. The molecule has 0 bridgehead atoms. The van der Waals surface area contributed by atoms with Crippen molar-refractivity contribution in [3.63, 3.8) is 0 Å². The predicted molar refractivity (Wildman–Crippen MR) is 96.9 cm³/mol. The maximum absolute atomic E-state index is 13.0. The summed E-state index contributed by atoms with van der Waals surface area (Å²) in [5.74, 6) is -0.174. The van der Waals surface area contributed by atoms with Crippen LogP contribution < -0.4 is 4.90 Å². The minimum atomic E-state index is -0.174. The van der Waals surface area contributed by atoms with Crippen LogP contribution in [0.15, 0.2) is 42.5 Å². The summed E-state index contributed by atoms with van der Waals surface area (Å²) < 4.78 is 13.0. The van der Waals surface area contributed by atoms with Crippen molar-refractivity contribution >= 4 is 5.69 Å². The number of hydrogen-bond acceptors (Lipinski definition) is 3. The number of nitrogens with zero attached hydrogens (tertiary/aromatic N) is 3. The molecule has 25 heavy (non-hydrogen) atoms. The Balaban J connectivity index is 1.38. The average Bonchev–Trinajstić information content (AvgIpc) is 3.07. The Morgan fingerprint density at radius 3 is 2.52 bits per heavy atom. The quantitative estimate of drug-likeness (QED) is 0.856. The Kier molecular flexibility index (Phi) is 4.42. The Bertz CT molecular complexity index is 786. The fraction of sp³-hybridized carbons (Fsp3) is 0.381. The molecule has 4 heteroatoms. The summed E-state index contributed by atoms with van der Waals surface area (Å²) >= 11 is 0. The highest BCUT2D eigenvalue weighted by molar-refractivity contribution is 5.62. The first-order valence-corrected chi connectivity index (χ1v) is 8.99. The molecule has 2 aliphatic heterocycles. The minimum absolute atomic E-state index is 0.174. The zero-order chi connectivity index (χ0) is 17.2. The van der Waals surface area contributed by atoms with Gasteiger partial charge in [-0.3, -0.25) is 4.90 Å². The van der Waals surface area contributed by atoms with E-state index in [2.05, 4.69) is 21.9 Å². The van der Waals surface area contributed by atoms with Crippen molar-refractivity contribution in [3.05, 3.63) is 65.0 Å². The normalized spacial score (nSPS) is 18.2. The molecule has 0 spiro atoms. The molecule has 128 valence electrons. The lowest BCUT2D eigenvalue weighted by molar-refractivity contribution is 0.202. The minimum Gasteiger partial charge on any atom is -0.368 e. The van der Waals surface area contributed by atoms with Crippen molar-refractivity contribution in [2.24, 2.45) is 0 Å². The van der Waals surface area contributed by atoms with Crippen molar-refractivity contribution in [1.82, 2.24) is 4.90 Å². The molecule has 2 aromatic carbocycles. The van der Waals surface area contributed by atoms with E-state index in [1.807, 2.05) is 24.3 Å². The molecule has 0 N–H and O–H groups in total. The molecule has 2 aromatic rings. The molecule has 0 aliphatic carbocycles. The van der Waals surface area contributed by atoms with Crippen molar-refractivity contribution in [2.75, 3.05) is 24.5 Å². The third-order valence-corrected chi connectivity index (χ3v) is 5.46. The molecule has 1 saturated heterocycles. The van der Waals surface area contributed by atoms with Crippen LogP contribution in [-0.2, 0) is 13.0 Å². The summed E-state index contributed by atoms with van der Waals surface area (Å²) in [7, 11) is 0. The molecule has 3 nitrogen and oxygen atoms in total. The Labute approximate surface area is 148 Å². The van der Waals surface area contributed by atoms with Gasteiger partial charge in [0, 0.05) is 37.9 Å². The molecular formula is C21H22FN3. The number of hydrogen-bond donors (Lipinski definition) is 0. The Hall–Kier alpha value is -2.38. The summed E-state index contributed by atoms with van der Waals surface area (Å²) in [6.45, 7) is 4.08. The third kappa shape index (κ3) is 3.38. The van der Waals surface area contributed by atoms with Gasteiger partial charge in [-0.25, -0.2) is 4.39 Å². The number of halogens is 1. The van der Waals surface area contributed by atoms with Gasteiger partial charge in [0.25, 0.3) is 0 Å². The lowest BCUT2D eigenvalue weighted by atomic mass is 10.0. The van der Waals surface area contributed by atoms with Crippen molar-refractivity contribution in [2.45, 2.75) is 31.8 Å². The molecule has 2 aliphatic rings. The summed E-state index contributed by atoms with van der Waals surface area (Å²) in [6.07, 6.45) is 3.35. The monoisotopic (exact) mass is 335 g/mol. The molecule has 0 amide bonds. The fourth-order valence-corrected chi connectivity index (χ4v) is 4.09. The Morgan fingerprint density at radius 2 is 1.80 bits per heavy atom. The van der Waals surface area contributed by atoms with E-state index in [-0.39, 0.29) is 5.82 Å². The van der Waals surface area contributed by atoms with E-state index in [9.17, 15) is 4.39 Å². The zero-order valence-electron chi connectivity index (χ0n) is 14.3. The van der Waals surface area contributed by atoms with Crippen molar-refractivity contribution in [1.29, 1.82) is 5.26 Å². The van der Waals surface area contributed by atoms with Gasteiger partial charge < -0.3 is 4.90 Å². The maximum Gasteiger partial charge on any atom is 0.123 e. The maximum atomic E-state index is 13.0. The largest absolute Gasteiger partial charge is 0.368 e. The number of benzene rings is 2.